The number of aromatic nitrogens is 10. The number of nitrogens with one attached hydrogen (secondary N) is 4. The second kappa shape index (κ2) is 54.1. The van der Waals surface area contributed by atoms with Gasteiger partial charge in [-0.2, -0.15) is 0 Å². The van der Waals surface area contributed by atoms with Gasteiger partial charge in [0.15, 0.2) is 0 Å². The van der Waals surface area contributed by atoms with Crippen LogP contribution in [0.3, 0.4) is 0 Å². The second-order valence-corrected chi connectivity index (χ2v) is 53.1. The lowest BCUT2D eigenvalue weighted by molar-refractivity contribution is 0.289. The first-order valence-electron chi connectivity index (χ1n) is 55.3. The molecule has 14 nitrogen and oxygen atoms in total. The summed E-state index contributed by atoms with van der Waals surface area (Å²) in [6.45, 7) is 40.0. The average molecular weight is 1960 g/mol. The van der Waals surface area contributed by atoms with Crippen LogP contribution in [0.2, 0.25) is 33.2 Å². The minimum absolute atomic E-state index is 0.402. The molecule has 4 aliphatic heterocycles. The van der Waals surface area contributed by atoms with E-state index in [0.29, 0.717) is 82.2 Å². The van der Waals surface area contributed by atoms with Crippen molar-refractivity contribution in [1.82, 2.24) is 49.8 Å². The van der Waals surface area contributed by atoms with Crippen molar-refractivity contribution in [2.24, 2.45) is 0 Å². The highest BCUT2D eigenvalue weighted by atomic mass is 28.3. The lowest BCUT2D eigenvalue weighted by Gasteiger charge is -2.38. The molecular weight excluding hydrogens is 1800 g/mol. The summed E-state index contributed by atoms with van der Waals surface area (Å²) in [6.07, 6.45) is 62.9. The molecule has 0 radical (unpaired) electrons. The molecule has 0 saturated heterocycles. The van der Waals surface area contributed by atoms with Gasteiger partial charge in [0.25, 0.3) is 0 Å². The number of aromatic amines is 4. The minimum Gasteiger partial charge on any atom is -0.493 e. The van der Waals surface area contributed by atoms with Crippen LogP contribution >= 0.6 is 0 Å². The topological polar surface area (TPSA) is 177 Å². The maximum Gasteiger partial charge on any atom is 0.146 e. The van der Waals surface area contributed by atoms with Crippen molar-refractivity contribution in [3.8, 4) is 114 Å². The van der Waals surface area contributed by atoms with E-state index in [2.05, 4.69) is 345 Å². The van der Waals surface area contributed by atoms with E-state index < -0.39 is 16.1 Å². The molecule has 0 atom stereocenters. The van der Waals surface area contributed by atoms with Gasteiger partial charge >= 0.3 is 0 Å². The molecule has 14 rings (SSSR count). The van der Waals surface area contributed by atoms with E-state index in [9.17, 15) is 0 Å². The van der Waals surface area contributed by atoms with Crippen molar-refractivity contribution in [3.05, 3.63) is 202 Å². The molecule has 0 aliphatic carbocycles. The first kappa shape index (κ1) is 108. The van der Waals surface area contributed by atoms with Crippen molar-refractivity contribution in [2.45, 2.75) is 349 Å². The fourth-order valence-electron chi connectivity index (χ4n) is 22.1. The Labute approximate surface area is 863 Å². The molecule has 0 spiro atoms. The molecular formula is C128H160N10O4Si2. The molecule has 16 bridgehead atoms. The quantitative estimate of drug-likeness (QED) is 0.0163. The first-order valence-corrected chi connectivity index (χ1v) is 59.7. The number of H-pyrrole nitrogens is 4. The molecule has 0 fully saturated rings. The largest absolute Gasteiger partial charge is 0.493 e. The Morgan fingerprint density at radius 1 is 0.236 bits per heavy atom. The Bertz CT molecular complexity index is 6220. The number of nitrogens with zero attached hydrogens (tertiary/aromatic N) is 6. The third-order valence-electron chi connectivity index (χ3n) is 29.8. The minimum atomic E-state index is -2.30. The number of fused-ring (bicyclic) bond motifs is 16. The molecule has 754 valence electrons. The number of ether oxygens (including phenoxy) is 4. The molecule has 0 unspecified atom stereocenters. The van der Waals surface area contributed by atoms with E-state index in [4.69, 9.17) is 38.9 Å². The zero-order valence-electron chi connectivity index (χ0n) is 89.6. The van der Waals surface area contributed by atoms with Crippen molar-refractivity contribution >= 4 is 109 Å². The standard InChI is InChI=1S/C128H160N10O4Si2/c1-17-21-25-29-33-37-41-47-79-139-101-85-99(86-102(89-101)140-80-48-42-38-34-30-26-22-18-2)127-121-65-55-111(133-121)105(109-53-61-117(131-109)125(97-69-75-129-76-70-97)119-63-57-113(135-119)107(115-59-67-123(127)137-115)73-83-143(91(5)6,92(7)8)93(9)10)51-45-46-52-106-110-54-62-118(132-110)126(98-71-77-130-78-72-98)120-64-58-114(136-120)108(74-84-144(94(11)12,95(13)14)96(15)16)116-60-68-124(138-116)128(122-66-56-112(106)134-122)100-87-103(141-81-49-43-39-35-31-27-23-19-3)90-104(88-100)142-82-50-44-40-36-32-28-24-20-4/h53-72,75-78,85-96,133-136H,17-44,47-50,79-82H2,1-16H3. The Kier molecular flexibility index (Phi) is 40.4. The van der Waals surface area contributed by atoms with Crippen LogP contribution in [0.15, 0.2) is 134 Å². The van der Waals surface area contributed by atoms with Crippen molar-refractivity contribution in [1.29, 1.82) is 0 Å². The van der Waals surface area contributed by atoms with Crippen molar-refractivity contribution < 1.29 is 18.9 Å². The number of rotatable bonds is 50. The number of unbranched alkanes of at least 4 members (excludes halogenated alkanes) is 28. The van der Waals surface area contributed by atoms with E-state index in [1.54, 1.807) is 0 Å². The maximum atomic E-state index is 6.91. The summed E-state index contributed by atoms with van der Waals surface area (Å²) in [4.78, 5) is 47.9. The molecule has 8 aromatic heterocycles. The Balaban J connectivity index is 1.00. The van der Waals surface area contributed by atoms with Gasteiger partial charge in [0.2, 0.25) is 0 Å². The summed E-state index contributed by atoms with van der Waals surface area (Å²) >= 11 is 0. The molecule has 16 heteroatoms. The van der Waals surface area contributed by atoms with Gasteiger partial charge in [0.05, 0.1) is 116 Å². The summed E-state index contributed by atoms with van der Waals surface area (Å²) in [5, 5.41) is 0. The zero-order valence-corrected chi connectivity index (χ0v) is 91.6. The molecule has 2 aromatic carbocycles. The van der Waals surface area contributed by atoms with E-state index in [1.807, 2.05) is 24.8 Å². The van der Waals surface area contributed by atoms with Gasteiger partial charge in [0, 0.05) is 81.2 Å². The van der Waals surface area contributed by atoms with Crippen LogP contribution in [0.25, 0.3) is 137 Å². The number of pyridine rings is 2. The summed E-state index contributed by atoms with van der Waals surface area (Å²) in [6, 6.07) is 38.3. The second-order valence-electron chi connectivity index (χ2n) is 42.0. The third-order valence-corrected chi connectivity index (χ3v) is 42.4. The zero-order chi connectivity index (χ0) is 101. The summed E-state index contributed by atoms with van der Waals surface area (Å²) in [7, 11) is -4.61. The van der Waals surface area contributed by atoms with Gasteiger partial charge in [-0.15, -0.1) is 11.1 Å². The van der Waals surface area contributed by atoms with Crippen molar-refractivity contribution in [2.75, 3.05) is 26.4 Å². The fourth-order valence-corrected chi connectivity index (χ4v) is 32.5. The highest BCUT2D eigenvalue weighted by Crippen LogP contribution is 2.46. The van der Waals surface area contributed by atoms with Gasteiger partial charge in [-0.3, -0.25) is 9.97 Å². The van der Waals surface area contributed by atoms with Gasteiger partial charge < -0.3 is 38.9 Å². The van der Waals surface area contributed by atoms with Gasteiger partial charge in [-0.05, 0) is 251 Å². The Morgan fingerprint density at radius 3 is 0.681 bits per heavy atom. The number of benzene rings is 2. The molecule has 144 heavy (non-hydrogen) atoms. The highest BCUT2D eigenvalue weighted by molar-refractivity contribution is 6.91. The number of hydrogen-bond donors (Lipinski definition) is 4. The average Bonchev–Trinajstić information content (AvgIpc) is 1.58. The smallest absolute Gasteiger partial charge is 0.146 e. The molecule has 10 aromatic rings. The predicted molar refractivity (Wildman–Crippen MR) is 617 cm³/mol. The molecule has 12 heterocycles. The molecule has 0 amide bonds. The van der Waals surface area contributed by atoms with Crippen LogP contribution in [0.5, 0.6) is 23.0 Å². The predicted octanol–water partition coefficient (Wildman–Crippen LogP) is 35.7. The molecule has 4 N–H and O–H groups in total. The monoisotopic (exact) mass is 1960 g/mol. The summed E-state index contributed by atoms with van der Waals surface area (Å²) in [5.41, 5.74) is 33.3. The van der Waals surface area contributed by atoms with Gasteiger partial charge in [0.1, 0.15) is 39.1 Å². The van der Waals surface area contributed by atoms with E-state index in [1.165, 1.54) is 154 Å². The van der Waals surface area contributed by atoms with E-state index in [0.717, 1.165) is 208 Å². The normalized spacial score (nSPS) is 12.2. The summed E-state index contributed by atoms with van der Waals surface area (Å²) < 4.78 is 27.6. The Morgan fingerprint density at radius 2 is 0.444 bits per heavy atom. The van der Waals surface area contributed by atoms with Gasteiger partial charge in [-0.1, -0.05) is 302 Å². The molecule has 4 aliphatic rings. The van der Waals surface area contributed by atoms with Crippen LogP contribution < -0.4 is 18.9 Å². The van der Waals surface area contributed by atoms with Crippen LogP contribution in [0.4, 0.5) is 0 Å². The third kappa shape index (κ3) is 27.7. The first-order chi connectivity index (χ1) is 70.2. The van der Waals surface area contributed by atoms with Crippen LogP contribution in [-0.2, 0) is 0 Å². The van der Waals surface area contributed by atoms with Crippen LogP contribution in [0, 0.1) is 46.6 Å². The fraction of sp³-hybridized carbons (Fsp3) is 0.453. The van der Waals surface area contributed by atoms with Crippen molar-refractivity contribution in [3.63, 3.8) is 0 Å². The van der Waals surface area contributed by atoms with Gasteiger partial charge in [-0.25, -0.2) is 19.9 Å². The lowest BCUT2D eigenvalue weighted by atomic mass is 10.0. The van der Waals surface area contributed by atoms with Crippen LogP contribution in [0.1, 0.15) is 384 Å². The number of hydrogen-bond acceptors (Lipinski definition) is 10. The SMILES string of the molecule is CCCCCCCCCCOc1cc(OCCCCCCCCCC)cc(-c2c3nc(c(C#C[Si](C(C)C)(C(C)C)C(C)C)c4ccc([nH]4)c(-c4ccncc4)c4nc(c(C#CC#Cc5c6nc(c(-c7ccncc7)c7ccc([nH]7)c(C#C[Si](C(C)C)(C(C)C)C(C)C)c7nc(c(-c8cc(OCCCCCCCCCC)cc(OCCCCCCCCCC)c8)c8ccc5[nH]8)C=C7)C=C6)c5ccc2[nH]5)C=C4)C=C3)c1. The highest BCUT2D eigenvalue weighted by Gasteiger charge is 2.43. The summed E-state index contributed by atoms with van der Waals surface area (Å²) in [5.74, 6) is 25.3. The van der Waals surface area contributed by atoms with E-state index in [-0.39, 0.29) is 0 Å². The van der Waals surface area contributed by atoms with E-state index >= 15 is 0 Å². The Hall–Kier alpha value is -12.2. The lowest BCUT2D eigenvalue weighted by Crippen LogP contribution is -2.43. The maximum absolute atomic E-state index is 6.91. The van der Waals surface area contributed by atoms with Crippen LogP contribution in [-0.4, -0.2) is 92.4 Å². The molecule has 0 saturated carbocycles.